The minimum absolute atomic E-state index is 0.0169. The molecule has 7 nitrogen and oxygen atoms in total. The van der Waals surface area contributed by atoms with Gasteiger partial charge in [0.15, 0.2) is 4.34 Å². The molecule has 2 heterocycles. The molecular weight excluding hydrogens is 430 g/mol. The van der Waals surface area contributed by atoms with Crippen molar-refractivity contribution in [1.82, 2.24) is 20.4 Å². The average Bonchev–Trinajstić information content (AvgIpc) is 3.25. The highest BCUT2D eigenvalue weighted by Crippen LogP contribution is 2.33. The van der Waals surface area contributed by atoms with Gasteiger partial charge in [-0.1, -0.05) is 49.3 Å². The van der Waals surface area contributed by atoms with E-state index in [0.717, 1.165) is 54.4 Å². The van der Waals surface area contributed by atoms with Gasteiger partial charge in [0, 0.05) is 38.1 Å². The van der Waals surface area contributed by atoms with E-state index < -0.39 is 0 Å². The normalized spacial score (nSPS) is 22.1. The summed E-state index contributed by atoms with van der Waals surface area (Å²) in [5, 5.41) is 12.3. The minimum atomic E-state index is 0.0169. The number of piperazine rings is 1. The molecule has 1 aromatic rings. The third kappa shape index (κ3) is 7.34. The molecule has 174 valence electrons. The van der Waals surface area contributed by atoms with Crippen molar-refractivity contribution >= 4 is 40.0 Å². The summed E-state index contributed by atoms with van der Waals surface area (Å²) in [6.45, 7) is 9.27. The van der Waals surface area contributed by atoms with Crippen molar-refractivity contribution in [1.29, 1.82) is 0 Å². The Balaban J connectivity index is 1.40. The molecule has 1 saturated heterocycles. The molecule has 1 N–H and O–H groups in total. The van der Waals surface area contributed by atoms with Gasteiger partial charge in [-0.15, -0.1) is 10.2 Å². The first-order chi connectivity index (χ1) is 15.0. The van der Waals surface area contributed by atoms with Gasteiger partial charge in [0.05, 0.1) is 5.75 Å². The van der Waals surface area contributed by atoms with Gasteiger partial charge in [0.1, 0.15) is 0 Å². The van der Waals surface area contributed by atoms with Gasteiger partial charge in [-0.05, 0) is 45.4 Å². The van der Waals surface area contributed by atoms with Gasteiger partial charge in [-0.2, -0.15) is 0 Å². The number of carbonyl (C=O) groups is 2. The van der Waals surface area contributed by atoms with Gasteiger partial charge in [0.25, 0.3) is 0 Å². The summed E-state index contributed by atoms with van der Waals surface area (Å²) >= 11 is 2.95. The zero-order valence-electron chi connectivity index (χ0n) is 19.1. The molecule has 1 aromatic heterocycles. The topological polar surface area (TPSA) is 78.4 Å². The van der Waals surface area contributed by atoms with Gasteiger partial charge in [-0.3, -0.25) is 9.59 Å². The van der Waals surface area contributed by atoms with Crippen molar-refractivity contribution < 1.29 is 9.59 Å². The quantitative estimate of drug-likeness (QED) is 0.557. The maximum Gasteiger partial charge on any atom is 0.230 e. The number of hydrogen-bond acceptors (Lipinski definition) is 7. The number of nitrogens with one attached hydrogen (secondary N) is 1. The van der Waals surface area contributed by atoms with Gasteiger partial charge in [0.2, 0.25) is 16.9 Å². The van der Waals surface area contributed by atoms with Gasteiger partial charge in [-0.25, -0.2) is 0 Å². The molecule has 1 aliphatic carbocycles. The lowest BCUT2D eigenvalue weighted by atomic mass is 9.79. The maximum atomic E-state index is 13.0. The molecule has 0 bridgehead atoms. The van der Waals surface area contributed by atoms with E-state index in [9.17, 15) is 9.59 Å². The fourth-order valence-corrected chi connectivity index (χ4v) is 6.15. The average molecular weight is 468 g/mol. The molecule has 2 fully saturated rings. The summed E-state index contributed by atoms with van der Waals surface area (Å²) in [4.78, 5) is 29.1. The Labute approximate surface area is 194 Å². The molecule has 0 spiro atoms. The number of unbranched alkanes of at least 4 members (excludes halogenated alkanes) is 1. The number of nitrogens with zero attached hydrogens (tertiary/aromatic N) is 4. The fourth-order valence-electron chi connectivity index (χ4n) is 4.45. The van der Waals surface area contributed by atoms with Crippen LogP contribution in [0.1, 0.15) is 65.7 Å². The Bertz CT molecular complexity index is 711. The summed E-state index contributed by atoms with van der Waals surface area (Å²) in [6, 6.07) is 0.146. The molecule has 0 unspecified atom stereocenters. The Morgan fingerprint density at radius 1 is 1.13 bits per heavy atom. The van der Waals surface area contributed by atoms with Crippen LogP contribution in [-0.2, 0) is 9.59 Å². The number of aromatic nitrogens is 2. The van der Waals surface area contributed by atoms with E-state index in [-0.39, 0.29) is 17.9 Å². The van der Waals surface area contributed by atoms with Crippen LogP contribution in [0, 0.1) is 11.8 Å². The third-order valence-corrected chi connectivity index (χ3v) is 8.31. The number of thioether (sulfide) groups is 1. The van der Waals surface area contributed by atoms with Crippen LogP contribution >= 0.6 is 23.1 Å². The van der Waals surface area contributed by atoms with Crippen LogP contribution in [0.15, 0.2) is 4.34 Å². The van der Waals surface area contributed by atoms with Gasteiger partial charge < -0.3 is 15.1 Å². The van der Waals surface area contributed by atoms with Crippen molar-refractivity contribution in [2.24, 2.45) is 11.8 Å². The van der Waals surface area contributed by atoms with E-state index in [1.165, 1.54) is 55.2 Å². The van der Waals surface area contributed by atoms with Crippen molar-refractivity contribution in [3.63, 3.8) is 0 Å². The van der Waals surface area contributed by atoms with Crippen LogP contribution in [0.4, 0.5) is 5.13 Å². The van der Waals surface area contributed by atoms with Crippen LogP contribution < -0.4 is 10.2 Å². The standard InChI is InChI=1S/C22H37N5O2S2/c1-4-5-6-17-7-9-18(10-8-17)20(29)26-11-13-27(14-12-26)21-24-25-22(31-21)30-15-19(28)23-16(2)3/h16-18H,4-15H2,1-3H3,(H,23,28). The summed E-state index contributed by atoms with van der Waals surface area (Å²) in [6.07, 6.45) is 8.49. The monoisotopic (exact) mass is 467 g/mol. The molecular formula is C22H37N5O2S2. The van der Waals surface area contributed by atoms with E-state index in [4.69, 9.17) is 0 Å². The second-order valence-corrected chi connectivity index (χ2v) is 11.2. The number of carbonyl (C=O) groups excluding carboxylic acids is 2. The van der Waals surface area contributed by atoms with Gasteiger partial charge >= 0.3 is 0 Å². The SMILES string of the molecule is CCCCC1CCC(C(=O)N2CCN(c3nnc(SCC(=O)NC(C)C)s3)CC2)CC1. The smallest absolute Gasteiger partial charge is 0.230 e. The van der Waals surface area contributed by atoms with Crippen LogP contribution in [-0.4, -0.2) is 64.9 Å². The molecule has 0 atom stereocenters. The summed E-state index contributed by atoms with van der Waals surface area (Å²) in [5.41, 5.74) is 0. The highest BCUT2D eigenvalue weighted by molar-refractivity contribution is 8.01. The number of anilines is 1. The van der Waals surface area contributed by atoms with E-state index >= 15 is 0 Å². The number of hydrogen-bond donors (Lipinski definition) is 1. The summed E-state index contributed by atoms with van der Waals surface area (Å²) < 4.78 is 0.812. The highest BCUT2D eigenvalue weighted by atomic mass is 32.2. The first-order valence-corrected chi connectivity index (χ1v) is 13.6. The Kier molecular flexibility index (Phi) is 9.44. The van der Waals surface area contributed by atoms with E-state index in [0.29, 0.717) is 11.7 Å². The van der Waals surface area contributed by atoms with Crippen molar-refractivity contribution in [2.75, 3.05) is 36.8 Å². The predicted molar refractivity (Wildman–Crippen MR) is 128 cm³/mol. The van der Waals surface area contributed by atoms with Crippen LogP contribution in [0.5, 0.6) is 0 Å². The minimum Gasteiger partial charge on any atom is -0.353 e. The molecule has 1 aliphatic heterocycles. The van der Waals surface area contributed by atoms with Crippen molar-refractivity contribution in [3.8, 4) is 0 Å². The summed E-state index contributed by atoms with van der Waals surface area (Å²) in [5.74, 6) is 1.80. The van der Waals surface area contributed by atoms with Crippen LogP contribution in [0.2, 0.25) is 0 Å². The third-order valence-electron chi connectivity index (χ3n) is 6.20. The molecule has 2 amide bonds. The largest absolute Gasteiger partial charge is 0.353 e. The number of rotatable bonds is 9. The second kappa shape index (κ2) is 12.0. The van der Waals surface area contributed by atoms with E-state index in [1.807, 2.05) is 13.8 Å². The van der Waals surface area contributed by atoms with Crippen molar-refractivity contribution in [2.45, 2.75) is 76.1 Å². The van der Waals surface area contributed by atoms with E-state index in [1.54, 1.807) is 0 Å². The van der Waals surface area contributed by atoms with Crippen molar-refractivity contribution in [3.05, 3.63) is 0 Å². The lowest BCUT2D eigenvalue weighted by Crippen LogP contribution is -2.50. The Morgan fingerprint density at radius 2 is 1.84 bits per heavy atom. The van der Waals surface area contributed by atoms with E-state index in [2.05, 4.69) is 32.2 Å². The van der Waals surface area contributed by atoms with Crippen LogP contribution in [0.3, 0.4) is 0 Å². The zero-order valence-corrected chi connectivity index (χ0v) is 20.8. The maximum absolute atomic E-state index is 13.0. The molecule has 2 aliphatic rings. The fraction of sp³-hybridized carbons (Fsp3) is 0.818. The first kappa shape index (κ1) is 24.3. The summed E-state index contributed by atoms with van der Waals surface area (Å²) in [7, 11) is 0. The van der Waals surface area contributed by atoms with Crippen LogP contribution in [0.25, 0.3) is 0 Å². The molecule has 0 radical (unpaired) electrons. The Hall–Kier alpha value is -1.35. The lowest BCUT2D eigenvalue weighted by Gasteiger charge is -2.37. The molecule has 3 rings (SSSR count). The predicted octanol–water partition coefficient (Wildman–Crippen LogP) is 3.80. The second-order valence-electron chi connectivity index (χ2n) is 9.03. The highest BCUT2D eigenvalue weighted by Gasteiger charge is 2.31. The molecule has 0 aromatic carbocycles. The molecule has 9 heteroatoms. The molecule has 1 saturated carbocycles. The lowest BCUT2D eigenvalue weighted by molar-refractivity contribution is -0.137. The Morgan fingerprint density at radius 3 is 2.48 bits per heavy atom. The number of amides is 2. The first-order valence-electron chi connectivity index (χ1n) is 11.8. The zero-order chi connectivity index (χ0) is 22.2. The molecule has 31 heavy (non-hydrogen) atoms.